The molecule has 0 spiro atoms. The van der Waals surface area contributed by atoms with Gasteiger partial charge in [0.25, 0.3) is 6.56 Å². The highest BCUT2D eigenvalue weighted by Crippen LogP contribution is 2.64. The molecule has 0 rings (SSSR count). The summed E-state index contributed by atoms with van der Waals surface area (Å²) in [5, 5.41) is 16.3. The highest BCUT2D eigenvalue weighted by Gasteiger charge is 2.42. The van der Waals surface area contributed by atoms with Crippen molar-refractivity contribution in [3.05, 3.63) is 0 Å². The lowest BCUT2D eigenvalue weighted by atomic mass is 10.3. The van der Waals surface area contributed by atoms with E-state index < -0.39 is 33.8 Å². The molecule has 0 saturated heterocycles. The number of carbonyl (C=O) groups is 2. The third kappa shape index (κ3) is 3.66. The minimum Gasteiger partial charge on any atom is -0.481 e. The van der Waals surface area contributed by atoms with Gasteiger partial charge >= 0.3 is 11.9 Å². The van der Waals surface area contributed by atoms with Crippen LogP contribution in [0.2, 0.25) is 0 Å². The summed E-state index contributed by atoms with van der Waals surface area (Å²) in [6.07, 6.45) is -0.560. The highest BCUT2D eigenvalue weighted by atomic mass is 32.9. The third-order valence-corrected chi connectivity index (χ3v) is 8.60. The van der Waals surface area contributed by atoms with Gasteiger partial charge in [0, 0.05) is 0 Å². The fourth-order valence-electron chi connectivity index (χ4n) is 0.915. The molecule has 15 heavy (non-hydrogen) atoms. The Hall–Kier alpha value is -0.270. The van der Waals surface area contributed by atoms with Crippen LogP contribution in [-0.4, -0.2) is 41.6 Å². The summed E-state index contributed by atoms with van der Waals surface area (Å²) in [7, 11) is 0.0643. The average molecular weight is 275 g/mol. The zero-order valence-corrected chi connectivity index (χ0v) is 10.8. The van der Waals surface area contributed by atoms with Gasteiger partial charge < -0.3 is 10.2 Å². The zero-order valence-electron chi connectivity index (χ0n) is 8.13. The monoisotopic (exact) mass is 275 g/mol. The second-order valence-corrected chi connectivity index (χ2v) is 8.59. The van der Waals surface area contributed by atoms with Crippen LogP contribution < -0.4 is 0 Å². The topological polar surface area (TPSA) is 93.1 Å². The minimum absolute atomic E-state index is 0.330. The highest BCUT2D eigenvalue weighted by molar-refractivity contribution is 8.73. The largest absolute Gasteiger partial charge is 0.481 e. The Bertz CT molecular complexity index is 266. The van der Waals surface area contributed by atoms with Crippen LogP contribution in [0.5, 0.6) is 0 Å². The molecule has 0 fully saturated rings. The summed E-state index contributed by atoms with van der Waals surface area (Å²) in [5.41, 5.74) is 0. The van der Waals surface area contributed by atoms with Crippen LogP contribution >= 0.6 is 16.8 Å². The SMILES string of the molecule is COS(OC)([PH+]=S)C(CC(=O)O)C(=O)O. The molecule has 0 heterocycles. The van der Waals surface area contributed by atoms with E-state index in [1.807, 2.05) is 0 Å². The summed E-state index contributed by atoms with van der Waals surface area (Å²) in [5.74, 6) is -2.49. The van der Waals surface area contributed by atoms with Crippen molar-refractivity contribution in [1.29, 1.82) is 0 Å². The molecule has 0 aliphatic carbocycles. The van der Waals surface area contributed by atoms with E-state index in [1.165, 1.54) is 14.2 Å². The number of carboxylic acid groups (broad SMARTS) is 2. The summed E-state index contributed by atoms with van der Waals surface area (Å²) in [6, 6.07) is 0. The molecule has 0 aromatic rings. The Kier molecular flexibility index (Phi) is 6.23. The second kappa shape index (κ2) is 6.34. The number of hydrogen-bond donors (Lipinski definition) is 2. The lowest BCUT2D eigenvalue weighted by molar-refractivity contribution is -0.143. The van der Waals surface area contributed by atoms with E-state index in [2.05, 4.69) is 0 Å². The van der Waals surface area contributed by atoms with Crippen molar-refractivity contribution in [3.63, 3.8) is 0 Å². The number of carboxylic acids is 2. The van der Waals surface area contributed by atoms with Crippen molar-refractivity contribution < 1.29 is 28.2 Å². The molecular formula is C6H12O6PS2+. The first-order chi connectivity index (χ1) is 6.93. The number of hydrogen-bond acceptors (Lipinski definition) is 5. The lowest BCUT2D eigenvalue weighted by Crippen LogP contribution is -2.29. The Balaban J connectivity index is 5.08. The van der Waals surface area contributed by atoms with Crippen LogP contribution in [0.1, 0.15) is 6.42 Å². The fourth-order valence-corrected chi connectivity index (χ4v) is 5.97. The van der Waals surface area contributed by atoms with Crippen LogP contribution in [0.25, 0.3) is 0 Å². The summed E-state index contributed by atoms with van der Waals surface area (Å²) in [6.45, 7) is -0.330. The minimum atomic E-state index is -2.48. The van der Waals surface area contributed by atoms with E-state index in [1.54, 1.807) is 0 Å². The van der Waals surface area contributed by atoms with Gasteiger partial charge in [-0.15, -0.1) is 0 Å². The molecular weight excluding hydrogens is 263 g/mol. The van der Waals surface area contributed by atoms with Crippen molar-refractivity contribution in [1.82, 2.24) is 0 Å². The fraction of sp³-hybridized carbons (Fsp3) is 0.667. The van der Waals surface area contributed by atoms with Crippen LogP contribution in [-0.2, 0) is 29.8 Å². The summed E-state index contributed by atoms with van der Waals surface area (Å²) in [4.78, 5) is 21.4. The maximum atomic E-state index is 10.9. The van der Waals surface area contributed by atoms with Crippen LogP contribution in [0, 0.1) is 0 Å². The van der Waals surface area contributed by atoms with Gasteiger partial charge in [-0.3, -0.25) is 18.0 Å². The van der Waals surface area contributed by atoms with Gasteiger partial charge in [0.05, 0.1) is 20.6 Å². The lowest BCUT2D eigenvalue weighted by Gasteiger charge is -2.32. The van der Waals surface area contributed by atoms with Gasteiger partial charge in [0.2, 0.25) is 0 Å². The molecule has 0 saturated carbocycles. The molecule has 6 nitrogen and oxygen atoms in total. The van der Waals surface area contributed by atoms with Crippen molar-refractivity contribution in [2.75, 3.05) is 14.2 Å². The first kappa shape index (κ1) is 14.7. The zero-order chi connectivity index (χ0) is 12.1. The van der Waals surface area contributed by atoms with Gasteiger partial charge in [-0.2, -0.15) is 0 Å². The Morgan fingerprint density at radius 3 is 2.07 bits per heavy atom. The summed E-state index contributed by atoms with van der Waals surface area (Å²) >= 11 is 4.79. The predicted octanol–water partition coefficient (Wildman–Crippen LogP) is 0.897. The van der Waals surface area contributed by atoms with Crippen LogP contribution in [0.15, 0.2) is 0 Å². The van der Waals surface area contributed by atoms with Gasteiger partial charge in [-0.25, -0.2) is 0 Å². The van der Waals surface area contributed by atoms with Crippen molar-refractivity contribution in [2.45, 2.75) is 11.7 Å². The quantitative estimate of drug-likeness (QED) is 0.667. The molecule has 2 N–H and O–H groups in total. The Morgan fingerprint density at radius 2 is 1.87 bits per heavy atom. The first-order valence-electron chi connectivity index (χ1n) is 3.70. The van der Waals surface area contributed by atoms with E-state index in [-0.39, 0.29) is 6.56 Å². The molecule has 2 atom stereocenters. The van der Waals surface area contributed by atoms with E-state index in [9.17, 15) is 9.59 Å². The van der Waals surface area contributed by atoms with E-state index in [4.69, 9.17) is 30.4 Å². The molecule has 0 bridgehead atoms. The number of rotatable bonds is 7. The smallest absolute Gasteiger partial charge is 0.330 e. The third-order valence-electron chi connectivity index (χ3n) is 1.62. The van der Waals surface area contributed by atoms with Crippen molar-refractivity contribution >= 4 is 40.5 Å². The molecule has 0 aliphatic heterocycles. The average Bonchev–Trinajstić information content (AvgIpc) is 2.19. The van der Waals surface area contributed by atoms with Gasteiger partial charge in [-0.05, 0) is 10.2 Å². The van der Waals surface area contributed by atoms with E-state index in [0.717, 1.165) is 0 Å². The maximum absolute atomic E-state index is 10.9. The van der Waals surface area contributed by atoms with Gasteiger partial charge in [0.1, 0.15) is 0 Å². The normalized spacial score (nSPS) is 14.8. The number of aliphatic carboxylic acids is 2. The Morgan fingerprint density at radius 1 is 1.40 bits per heavy atom. The molecule has 88 valence electrons. The van der Waals surface area contributed by atoms with Crippen molar-refractivity contribution in [2.24, 2.45) is 0 Å². The van der Waals surface area contributed by atoms with E-state index in [0.29, 0.717) is 0 Å². The molecule has 0 radical (unpaired) electrons. The molecule has 9 heteroatoms. The van der Waals surface area contributed by atoms with Crippen LogP contribution in [0.4, 0.5) is 0 Å². The predicted molar refractivity (Wildman–Crippen MR) is 61.0 cm³/mol. The Labute approximate surface area is 94.9 Å². The molecule has 0 aromatic carbocycles. The maximum Gasteiger partial charge on any atom is 0.330 e. The molecule has 0 amide bonds. The van der Waals surface area contributed by atoms with Crippen molar-refractivity contribution in [3.8, 4) is 0 Å². The van der Waals surface area contributed by atoms with Gasteiger partial charge in [-0.1, -0.05) is 0 Å². The summed E-state index contributed by atoms with van der Waals surface area (Å²) < 4.78 is 9.97. The molecule has 2 unspecified atom stereocenters. The first-order valence-corrected chi connectivity index (χ1v) is 8.10. The van der Waals surface area contributed by atoms with E-state index >= 15 is 0 Å². The van der Waals surface area contributed by atoms with Gasteiger partial charge in [0.15, 0.2) is 17.1 Å². The molecule has 0 aromatic heterocycles. The standard InChI is InChI=1S/C6H11O6PS2/c1-11-15(12-2,13-14)4(6(9)10)3-5(7)8/h4H,3H2,1-2H3,(H,7,8)(H,9,10)/p+1. The van der Waals surface area contributed by atoms with Crippen LogP contribution in [0.3, 0.4) is 0 Å². The second-order valence-electron chi connectivity index (χ2n) is 2.39. The molecule has 0 aliphatic rings.